The van der Waals surface area contributed by atoms with Crippen molar-refractivity contribution in [2.75, 3.05) is 49.2 Å². The van der Waals surface area contributed by atoms with Crippen LogP contribution in [0.1, 0.15) is 5.56 Å². The molecule has 6 rings (SSSR count). The third-order valence-electron chi connectivity index (χ3n) is 7.33. The van der Waals surface area contributed by atoms with Gasteiger partial charge in [0.1, 0.15) is 18.5 Å². The number of rotatable bonds is 9. The Labute approximate surface area is 252 Å². The molecule has 0 bridgehead atoms. The van der Waals surface area contributed by atoms with Crippen LogP contribution in [-0.2, 0) is 21.8 Å². The standard InChI is InChI=1S/C29H28Cl2N6O5/c30-21-3-8-25(26(31)16-21)29(19-34-11-10-32-20-34)41-18-24(42-29)17-40-23-6-4-22(5-7-23)35-12-14-36(15-13-35)28-27(37(38)39)2-1-9-33-28/h1-11,16,20,24H,12-15,17-19H2/t24-,29-/m1/s1. The van der Waals surface area contributed by atoms with Crippen molar-refractivity contribution in [1.82, 2.24) is 14.5 Å². The first-order valence-corrected chi connectivity index (χ1v) is 14.2. The number of aromatic nitrogens is 3. The normalized spacial score (nSPS) is 20.6. The molecule has 42 heavy (non-hydrogen) atoms. The second-order valence-corrected chi connectivity index (χ2v) is 10.9. The molecule has 218 valence electrons. The average molecular weight is 611 g/mol. The van der Waals surface area contributed by atoms with E-state index in [-0.39, 0.29) is 23.3 Å². The van der Waals surface area contributed by atoms with Crippen LogP contribution >= 0.6 is 23.2 Å². The Hall–Kier alpha value is -3.90. The Bertz CT molecular complexity index is 1530. The summed E-state index contributed by atoms with van der Waals surface area (Å²) in [5.74, 6) is 0.0103. The molecule has 2 aromatic heterocycles. The number of halogens is 2. The highest BCUT2D eigenvalue weighted by Gasteiger charge is 2.45. The molecule has 2 aliphatic rings. The zero-order valence-electron chi connectivity index (χ0n) is 22.5. The van der Waals surface area contributed by atoms with Crippen LogP contribution < -0.4 is 14.5 Å². The van der Waals surface area contributed by atoms with E-state index in [0.717, 1.165) is 5.69 Å². The molecule has 2 saturated heterocycles. The predicted octanol–water partition coefficient (Wildman–Crippen LogP) is 5.17. The minimum absolute atomic E-state index is 0.0272. The molecule has 11 nitrogen and oxygen atoms in total. The van der Waals surface area contributed by atoms with Crippen molar-refractivity contribution >= 4 is 40.4 Å². The fraction of sp³-hybridized carbons (Fsp3) is 0.310. The topological polar surface area (TPSA) is 108 Å². The summed E-state index contributed by atoms with van der Waals surface area (Å²) < 4.78 is 20.7. The van der Waals surface area contributed by atoms with Crippen LogP contribution in [-0.4, -0.2) is 65.0 Å². The van der Waals surface area contributed by atoms with Crippen molar-refractivity contribution < 1.29 is 19.1 Å². The quantitative estimate of drug-likeness (QED) is 0.187. The van der Waals surface area contributed by atoms with Gasteiger partial charge < -0.3 is 28.6 Å². The van der Waals surface area contributed by atoms with E-state index in [1.54, 1.807) is 36.9 Å². The first-order valence-electron chi connectivity index (χ1n) is 13.5. The second kappa shape index (κ2) is 12.1. The third kappa shape index (κ3) is 6.00. The number of benzene rings is 2. The lowest BCUT2D eigenvalue weighted by molar-refractivity contribution is -0.384. The van der Waals surface area contributed by atoms with Crippen LogP contribution in [0, 0.1) is 10.1 Å². The Morgan fingerprint density at radius 3 is 2.55 bits per heavy atom. The number of nitrogens with zero attached hydrogens (tertiary/aromatic N) is 6. The fourth-order valence-corrected chi connectivity index (χ4v) is 5.82. The molecule has 0 N–H and O–H groups in total. The lowest BCUT2D eigenvalue weighted by atomic mass is 10.1. The predicted molar refractivity (Wildman–Crippen MR) is 158 cm³/mol. The number of ether oxygens (including phenoxy) is 3. The van der Waals surface area contributed by atoms with E-state index < -0.39 is 5.79 Å². The molecule has 4 aromatic rings. The molecule has 2 fully saturated rings. The molecule has 0 unspecified atom stereocenters. The van der Waals surface area contributed by atoms with E-state index in [1.165, 1.54) is 6.07 Å². The molecule has 0 spiro atoms. The highest BCUT2D eigenvalue weighted by molar-refractivity contribution is 6.35. The first kappa shape index (κ1) is 28.2. The molecule has 0 aliphatic carbocycles. The number of imidazole rings is 1. The number of anilines is 2. The molecule has 2 aliphatic heterocycles. The zero-order valence-corrected chi connectivity index (χ0v) is 24.0. The maximum atomic E-state index is 11.4. The van der Waals surface area contributed by atoms with Crippen molar-refractivity contribution in [2.45, 2.75) is 18.4 Å². The Kier molecular flexibility index (Phi) is 8.16. The SMILES string of the molecule is O=[N+]([O-])c1cccnc1N1CCN(c2ccc(OC[C@@H]3CO[C@@](Cn4ccnc4)(c4ccc(Cl)cc4Cl)O3)cc2)CC1. The van der Waals surface area contributed by atoms with E-state index in [0.29, 0.717) is 66.5 Å². The minimum atomic E-state index is -1.11. The van der Waals surface area contributed by atoms with Gasteiger partial charge in [-0.1, -0.05) is 29.3 Å². The van der Waals surface area contributed by atoms with Crippen molar-refractivity contribution in [3.05, 3.63) is 105 Å². The van der Waals surface area contributed by atoms with Crippen LogP contribution in [0.15, 0.2) is 79.5 Å². The van der Waals surface area contributed by atoms with Crippen LogP contribution in [0.25, 0.3) is 0 Å². The van der Waals surface area contributed by atoms with Gasteiger partial charge in [0.25, 0.3) is 0 Å². The van der Waals surface area contributed by atoms with Gasteiger partial charge >= 0.3 is 5.69 Å². The summed E-state index contributed by atoms with van der Waals surface area (Å²) in [5, 5.41) is 12.4. The van der Waals surface area contributed by atoms with Crippen LogP contribution in [0.4, 0.5) is 17.2 Å². The summed E-state index contributed by atoms with van der Waals surface area (Å²) in [5.41, 5.74) is 1.76. The maximum absolute atomic E-state index is 11.4. The van der Waals surface area contributed by atoms with Gasteiger partial charge in [0, 0.05) is 67.1 Å². The molecular formula is C29H28Cl2N6O5. The minimum Gasteiger partial charge on any atom is -0.491 e. The fourth-order valence-electron chi connectivity index (χ4n) is 5.27. The van der Waals surface area contributed by atoms with E-state index in [2.05, 4.69) is 14.9 Å². The molecular weight excluding hydrogens is 583 g/mol. The lowest BCUT2D eigenvalue weighted by Crippen LogP contribution is -2.47. The molecule has 13 heteroatoms. The van der Waals surface area contributed by atoms with Crippen molar-refractivity contribution in [3.63, 3.8) is 0 Å². The summed E-state index contributed by atoms with van der Waals surface area (Å²) >= 11 is 12.7. The molecule has 0 radical (unpaired) electrons. The summed E-state index contributed by atoms with van der Waals surface area (Å²) in [6.45, 7) is 3.67. The van der Waals surface area contributed by atoms with Crippen LogP contribution in [0.2, 0.25) is 10.0 Å². The lowest BCUT2D eigenvalue weighted by Gasteiger charge is -2.36. The van der Waals surface area contributed by atoms with Crippen LogP contribution in [0.5, 0.6) is 5.75 Å². The molecule has 2 aromatic carbocycles. The van der Waals surface area contributed by atoms with Gasteiger partial charge in [-0.2, -0.15) is 0 Å². The molecule has 0 amide bonds. The number of hydrogen-bond acceptors (Lipinski definition) is 9. The number of piperazine rings is 1. The van der Waals surface area contributed by atoms with Gasteiger partial charge in [0.15, 0.2) is 0 Å². The number of hydrogen-bond donors (Lipinski definition) is 0. The summed E-state index contributed by atoms with van der Waals surface area (Å²) in [4.78, 5) is 23.6. The van der Waals surface area contributed by atoms with Gasteiger partial charge in [0.05, 0.1) is 29.4 Å². The third-order valence-corrected chi connectivity index (χ3v) is 7.88. The summed E-state index contributed by atoms with van der Waals surface area (Å²) in [6.07, 6.45) is 6.49. The molecule has 2 atom stereocenters. The van der Waals surface area contributed by atoms with Gasteiger partial charge in [-0.05, 0) is 42.5 Å². The van der Waals surface area contributed by atoms with E-state index in [9.17, 15) is 10.1 Å². The highest BCUT2D eigenvalue weighted by Crippen LogP contribution is 2.40. The Balaban J connectivity index is 1.06. The van der Waals surface area contributed by atoms with Crippen molar-refractivity contribution in [2.24, 2.45) is 0 Å². The number of pyridine rings is 1. The van der Waals surface area contributed by atoms with Gasteiger partial charge in [0.2, 0.25) is 11.6 Å². The second-order valence-electron chi connectivity index (χ2n) is 10.0. The van der Waals surface area contributed by atoms with Crippen LogP contribution in [0.3, 0.4) is 0 Å². The molecule has 0 saturated carbocycles. The summed E-state index contributed by atoms with van der Waals surface area (Å²) in [7, 11) is 0. The van der Waals surface area contributed by atoms with Crippen molar-refractivity contribution in [1.29, 1.82) is 0 Å². The largest absolute Gasteiger partial charge is 0.491 e. The molecule has 4 heterocycles. The Morgan fingerprint density at radius 1 is 1.05 bits per heavy atom. The van der Waals surface area contributed by atoms with E-state index >= 15 is 0 Å². The number of nitro groups is 1. The maximum Gasteiger partial charge on any atom is 0.311 e. The smallest absolute Gasteiger partial charge is 0.311 e. The van der Waals surface area contributed by atoms with Crippen molar-refractivity contribution in [3.8, 4) is 5.75 Å². The van der Waals surface area contributed by atoms with E-state index in [1.807, 2.05) is 46.0 Å². The van der Waals surface area contributed by atoms with Gasteiger partial charge in [-0.15, -0.1) is 0 Å². The highest BCUT2D eigenvalue weighted by atomic mass is 35.5. The summed E-state index contributed by atoms with van der Waals surface area (Å²) in [6, 6.07) is 16.2. The first-order chi connectivity index (χ1) is 20.4. The van der Waals surface area contributed by atoms with E-state index in [4.69, 9.17) is 37.4 Å². The zero-order chi connectivity index (χ0) is 29.1. The monoisotopic (exact) mass is 610 g/mol. The Morgan fingerprint density at radius 2 is 1.83 bits per heavy atom. The van der Waals surface area contributed by atoms with Gasteiger partial charge in [-0.3, -0.25) is 10.1 Å². The van der Waals surface area contributed by atoms with Gasteiger partial charge in [-0.25, -0.2) is 9.97 Å². The average Bonchev–Trinajstić information content (AvgIpc) is 3.67.